The lowest BCUT2D eigenvalue weighted by molar-refractivity contribution is 0.298. The lowest BCUT2D eigenvalue weighted by Gasteiger charge is -2.27. The molecule has 5 nitrogen and oxygen atoms in total. The molecule has 1 aromatic rings. The van der Waals surface area contributed by atoms with Crippen LogP contribution in [0.2, 0.25) is 0 Å². The average molecular weight is 280 g/mol. The van der Waals surface area contributed by atoms with E-state index >= 15 is 0 Å². The predicted octanol–water partition coefficient (Wildman–Crippen LogP) is 2.46. The zero-order valence-corrected chi connectivity index (χ0v) is 13.2. The zero-order valence-electron chi connectivity index (χ0n) is 13.2. The van der Waals surface area contributed by atoms with Crippen molar-refractivity contribution >= 4 is 11.6 Å². The Morgan fingerprint density at radius 1 is 1.25 bits per heavy atom. The number of hydrogen-bond acceptors (Lipinski definition) is 5. The summed E-state index contributed by atoms with van der Waals surface area (Å²) in [6, 6.07) is 2.27. The first-order valence-electron chi connectivity index (χ1n) is 7.61. The Labute approximate surface area is 122 Å². The van der Waals surface area contributed by atoms with E-state index in [1.165, 1.54) is 0 Å². The molecule has 1 aromatic heterocycles. The molecule has 114 valence electrons. The van der Waals surface area contributed by atoms with Crippen LogP contribution >= 0.6 is 0 Å². The highest BCUT2D eigenvalue weighted by Crippen LogP contribution is 2.19. The smallest absolute Gasteiger partial charge is 0.134 e. The van der Waals surface area contributed by atoms with E-state index in [1.807, 2.05) is 6.07 Å². The maximum Gasteiger partial charge on any atom is 0.134 e. The Bertz CT molecular complexity index is 395. The van der Waals surface area contributed by atoms with Gasteiger partial charge in [-0.25, -0.2) is 9.97 Å². The van der Waals surface area contributed by atoms with Crippen molar-refractivity contribution in [2.45, 2.75) is 53.0 Å². The summed E-state index contributed by atoms with van der Waals surface area (Å²) in [7, 11) is 0. The molecular formula is C15H28N4O. The predicted molar refractivity (Wildman–Crippen MR) is 84.4 cm³/mol. The molecule has 0 aromatic carbocycles. The van der Waals surface area contributed by atoms with Gasteiger partial charge in [0.25, 0.3) is 0 Å². The maximum atomic E-state index is 9.23. The van der Waals surface area contributed by atoms with Crippen molar-refractivity contribution < 1.29 is 5.11 Å². The summed E-state index contributed by atoms with van der Waals surface area (Å²) in [5, 5.41) is 12.6. The van der Waals surface area contributed by atoms with Gasteiger partial charge in [0.15, 0.2) is 0 Å². The van der Waals surface area contributed by atoms with E-state index in [9.17, 15) is 5.11 Å². The SMILES string of the molecule is CCCNc1cc(N(CCO)C(C)C)nc(CCC)n1. The van der Waals surface area contributed by atoms with E-state index in [1.54, 1.807) is 0 Å². The molecule has 20 heavy (non-hydrogen) atoms. The molecular weight excluding hydrogens is 252 g/mol. The zero-order chi connectivity index (χ0) is 15.0. The molecule has 0 aliphatic carbocycles. The Morgan fingerprint density at radius 2 is 2.00 bits per heavy atom. The summed E-state index contributed by atoms with van der Waals surface area (Å²) in [6.45, 7) is 10.1. The molecule has 2 N–H and O–H groups in total. The molecule has 0 fully saturated rings. The van der Waals surface area contributed by atoms with Crippen LogP contribution < -0.4 is 10.2 Å². The molecule has 0 atom stereocenters. The average Bonchev–Trinajstić information content (AvgIpc) is 2.42. The van der Waals surface area contributed by atoms with Crippen LogP contribution in [0.15, 0.2) is 6.07 Å². The third-order valence-electron chi connectivity index (χ3n) is 3.05. The monoisotopic (exact) mass is 280 g/mol. The number of hydrogen-bond donors (Lipinski definition) is 2. The molecule has 0 radical (unpaired) electrons. The van der Waals surface area contributed by atoms with Gasteiger partial charge in [-0.15, -0.1) is 0 Å². The molecule has 0 amide bonds. The second kappa shape index (κ2) is 8.74. The van der Waals surface area contributed by atoms with Gasteiger partial charge in [0.1, 0.15) is 17.5 Å². The number of nitrogens with one attached hydrogen (secondary N) is 1. The minimum absolute atomic E-state index is 0.128. The molecule has 0 aliphatic rings. The first-order chi connectivity index (χ1) is 9.62. The van der Waals surface area contributed by atoms with Crippen LogP contribution in [0.1, 0.15) is 46.4 Å². The molecule has 0 aliphatic heterocycles. The van der Waals surface area contributed by atoms with Crippen molar-refractivity contribution in [3.63, 3.8) is 0 Å². The number of nitrogens with zero attached hydrogens (tertiary/aromatic N) is 3. The van der Waals surface area contributed by atoms with Crippen molar-refractivity contribution in [1.82, 2.24) is 9.97 Å². The standard InChI is InChI=1S/C15H28N4O/c1-5-7-13-17-14(16-8-6-2)11-15(18-13)19(9-10-20)12(3)4/h11-12,20H,5-10H2,1-4H3,(H,16,17,18). The Morgan fingerprint density at radius 3 is 2.55 bits per heavy atom. The van der Waals surface area contributed by atoms with E-state index < -0.39 is 0 Å². The number of aromatic nitrogens is 2. The van der Waals surface area contributed by atoms with Gasteiger partial charge in [0.05, 0.1) is 6.61 Å². The van der Waals surface area contributed by atoms with Crippen molar-refractivity contribution in [3.8, 4) is 0 Å². The molecule has 1 rings (SSSR count). The molecule has 0 saturated carbocycles. The number of rotatable bonds is 9. The van der Waals surface area contributed by atoms with Crippen LogP contribution in [-0.4, -0.2) is 40.8 Å². The van der Waals surface area contributed by atoms with Gasteiger partial charge >= 0.3 is 0 Å². The molecule has 0 bridgehead atoms. The minimum atomic E-state index is 0.128. The minimum Gasteiger partial charge on any atom is -0.395 e. The van der Waals surface area contributed by atoms with Gasteiger partial charge < -0.3 is 15.3 Å². The van der Waals surface area contributed by atoms with Crippen molar-refractivity contribution in [2.75, 3.05) is 29.9 Å². The highest BCUT2D eigenvalue weighted by Gasteiger charge is 2.14. The number of aryl methyl sites for hydroxylation is 1. The van der Waals surface area contributed by atoms with Crippen LogP contribution in [0.5, 0.6) is 0 Å². The van der Waals surface area contributed by atoms with E-state index in [2.05, 4.69) is 47.9 Å². The normalized spacial score (nSPS) is 10.9. The fourth-order valence-electron chi connectivity index (χ4n) is 2.05. The van der Waals surface area contributed by atoms with Gasteiger partial charge in [0.2, 0.25) is 0 Å². The number of aliphatic hydroxyl groups excluding tert-OH is 1. The number of aliphatic hydroxyl groups is 1. The summed E-state index contributed by atoms with van der Waals surface area (Å²) in [5.41, 5.74) is 0. The molecule has 0 spiro atoms. The van der Waals surface area contributed by atoms with Gasteiger partial charge in [0, 0.05) is 31.6 Å². The molecule has 0 saturated heterocycles. The highest BCUT2D eigenvalue weighted by atomic mass is 16.3. The summed E-state index contributed by atoms with van der Waals surface area (Å²) in [6.07, 6.45) is 2.96. The Hall–Kier alpha value is -1.36. The quantitative estimate of drug-likeness (QED) is 0.727. The van der Waals surface area contributed by atoms with Gasteiger partial charge in [-0.3, -0.25) is 0 Å². The van der Waals surface area contributed by atoms with Crippen LogP contribution in [0.4, 0.5) is 11.6 Å². The molecule has 0 unspecified atom stereocenters. The summed E-state index contributed by atoms with van der Waals surface area (Å²) >= 11 is 0. The first kappa shape index (κ1) is 16.7. The Kier molecular flexibility index (Phi) is 7.30. The lowest BCUT2D eigenvalue weighted by Crippen LogP contribution is -2.34. The van der Waals surface area contributed by atoms with Crippen LogP contribution in [0.25, 0.3) is 0 Å². The summed E-state index contributed by atoms with van der Waals surface area (Å²) in [4.78, 5) is 11.3. The van der Waals surface area contributed by atoms with Crippen molar-refractivity contribution in [1.29, 1.82) is 0 Å². The second-order valence-electron chi connectivity index (χ2n) is 5.22. The van der Waals surface area contributed by atoms with Crippen molar-refractivity contribution in [3.05, 3.63) is 11.9 Å². The second-order valence-corrected chi connectivity index (χ2v) is 5.22. The summed E-state index contributed by atoms with van der Waals surface area (Å²) < 4.78 is 0. The third-order valence-corrected chi connectivity index (χ3v) is 3.05. The van der Waals surface area contributed by atoms with Crippen molar-refractivity contribution in [2.24, 2.45) is 0 Å². The fraction of sp³-hybridized carbons (Fsp3) is 0.733. The topological polar surface area (TPSA) is 61.3 Å². The highest BCUT2D eigenvalue weighted by molar-refractivity contribution is 5.50. The molecule has 5 heteroatoms. The first-order valence-corrected chi connectivity index (χ1v) is 7.61. The summed E-state index contributed by atoms with van der Waals surface area (Å²) in [5.74, 6) is 2.64. The Balaban J connectivity index is 3.04. The maximum absolute atomic E-state index is 9.23. The van der Waals surface area contributed by atoms with E-state index in [-0.39, 0.29) is 6.61 Å². The van der Waals surface area contributed by atoms with E-state index in [4.69, 9.17) is 0 Å². The van der Waals surface area contributed by atoms with Gasteiger partial charge in [-0.05, 0) is 26.7 Å². The van der Waals surface area contributed by atoms with Gasteiger partial charge in [-0.1, -0.05) is 13.8 Å². The van der Waals surface area contributed by atoms with E-state index in [0.29, 0.717) is 12.6 Å². The number of anilines is 2. The van der Waals surface area contributed by atoms with E-state index in [0.717, 1.165) is 43.3 Å². The van der Waals surface area contributed by atoms with Gasteiger partial charge in [-0.2, -0.15) is 0 Å². The van der Waals surface area contributed by atoms with Crippen LogP contribution in [0, 0.1) is 0 Å². The third kappa shape index (κ3) is 4.96. The van der Waals surface area contributed by atoms with Crippen LogP contribution in [-0.2, 0) is 6.42 Å². The lowest BCUT2D eigenvalue weighted by atomic mass is 10.3. The molecule has 1 heterocycles. The largest absolute Gasteiger partial charge is 0.395 e. The fourth-order valence-corrected chi connectivity index (χ4v) is 2.05. The van der Waals surface area contributed by atoms with Crippen LogP contribution in [0.3, 0.4) is 0 Å².